The molecule has 0 aromatic heterocycles. The van der Waals surface area contributed by atoms with Crippen LogP contribution in [0.3, 0.4) is 0 Å². The molecule has 0 unspecified atom stereocenters. The Morgan fingerprint density at radius 2 is 1.95 bits per heavy atom. The predicted molar refractivity (Wildman–Crippen MR) is 78.4 cm³/mol. The molecular formula is C16H20O6. The van der Waals surface area contributed by atoms with Crippen LogP contribution < -0.4 is 9.47 Å². The predicted octanol–water partition coefficient (Wildman–Crippen LogP) is 1.52. The van der Waals surface area contributed by atoms with Crippen LogP contribution in [0.2, 0.25) is 0 Å². The van der Waals surface area contributed by atoms with Crippen LogP contribution in [-0.4, -0.2) is 43.3 Å². The molecule has 0 amide bonds. The summed E-state index contributed by atoms with van der Waals surface area (Å²) in [6.45, 7) is 1.69. The van der Waals surface area contributed by atoms with Gasteiger partial charge >= 0.3 is 5.97 Å². The Balaban J connectivity index is 2.52. The molecule has 1 N–H and O–H groups in total. The number of ketones is 1. The Hall–Kier alpha value is -2.08. The van der Waals surface area contributed by atoms with Gasteiger partial charge in [0, 0.05) is 18.9 Å². The van der Waals surface area contributed by atoms with E-state index in [9.17, 15) is 14.7 Å². The lowest BCUT2D eigenvalue weighted by Gasteiger charge is -2.21. The highest BCUT2D eigenvalue weighted by Crippen LogP contribution is 2.31. The summed E-state index contributed by atoms with van der Waals surface area (Å²) >= 11 is 0. The molecule has 120 valence electrons. The summed E-state index contributed by atoms with van der Waals surface area (Å²) in [5.41, 5.74) is 0.779. The number of carbonyl (C=O) groups excluding carboxylic acids is 2. The molecule has 6 heteroatoms. The lowest BCUT2D eigenvalue weighted by atomic mass is 9.94. The van der Waals surface area contributed by atoms with Crippen LogP contribution >= 0.6 is 0 Å². The molecule has 6 nitrogen and oxygen atoms in total. The largest absolute Gasteiger partial charge is 0.497 e. The number of aliphatic hydroxyl groups excluding tert-OH is 1. The summed E-state index contributed by atoms with van der Waals surface area (Å²) in [5, 5.41) is 9.97. The number of rotatable bonds is 2. The van der Waals surface area contributed by atoms with Crippen LogP contribution in [0.5, 0.6) is 11.5 Å². The number of hydrogen-bond donors (Lipinski definition) is 1. The molecule has 1 heterocycles. The van der Waals surface area contributed by atoms with Crippen LogP contribution in [-0.2, 0) is 16.0 Å². The lowest BCUT2D eigenvalue weighted by Crippen LogP contribution is -2.27. The smallest absolute Gasteiger partial charge is 0.310 e. The van der Waals surface area contributed by atoms with Crippen molar-refractivity contribution in [3.8, 4) is 11.5 Å². The third-order valence-corrected chi connectivity index (χ3v) is 3.58. The fourth-order valence-corrected chi connectivity index (χ4v) is 2.63. The number of benzene rings is 1. The summed E-state index contributed by atoms with van der Waals surface area (Å²) in [4.78, 5) is 24.5. The van der Waals surface area contributed by atoms with Gasteiger partial charge in [-0.3, -0.25) is 9.59 Å². The second-order valence-electron chi connectivity index (χ2n) is 5.36. The molecule has 0 saturated heterocycles. The number of aliphatic hydroxyl groups is 1. The first-order valence-electron chi connectivity index (χ1n) is 7.10. The second kappa shape index (κ2) is 6.79. The fourth-order valence-electron chi connectivity index (χ4n) is 2.63. The van der Waals surface area contributed by atoms with E-state index in [-0.39, 0.29) is 25.0 Å². The lowest BCUT2D eigenvalue weighted by molar-refractivity contribution is -0.148. The molecule has 2 rings (SSSR count). The molecule has 0 fully saturated rings. The van der Waals surface area contributed by atoms with Crippen molar-refractivity contribution in [2.75, 3.05) is 14.2 Å². The zero-order valence-corrected chi connectivity index (χ0v) is 12.9. The topological polar surface area (TPSA) is 82.1 Å². The quantitative estimate of drug-likeness (QED) is 0.834. The highest BCUT2D eigenvalue weighted by molar-refractivity contribution is 6.01. The number of Topliss-reactive ketones (excluding diaryl/α,β-unsaturated/α-hetero) is 1. The summed E-state index contributed by atoms with van der Waals surface area (Å²) in [6.07, 6.45) is -1.17. The van der Waals surface area contributed by atoms with Gasteiger partial charge in [0.05, 0.1) is 32.3 Å². The maximum Gasteiger partial charge on any atom is 0.310 e. The zero-order valence-electron chi connectivity index (χ0n) is 12.9. The Labute approximate surface area is 129 Å². The highest BCUT2D eigenvalue weighted by Gasteiger charge is 2.26. The molecule has 22 heavy (non-hydrogen) atoms. The van der Waals surface area contributed by atoms with Gasteiger partial charge in [0.15, 0.2) is 5.78 Å². The number of fused-ring (bicyclic) bond motifs is 1. The maximum absolute atomic E-state index is 12.5. The zero-order chi connectivity index (χ0) is 16.3. The minimum atomic E-state index is -0.868. The van der Waals surface area contributed by atoms with E-state index in [0.717, 1.165) is 0 Å². The maximum atomic E-state index is 12.5. The van der Waals surface area contributed by atoms with Crippen LogP contribution in [0, 0.1) is 0 Å². The highest BCUT2D eigenvalue weighted by atomic mass is 16.5. The number of carbonyl (C=O) groups is 2. The minimum absolute atomic E-state index is 0.0441. The monoisotopic (exact) mass is 308 g/mol. The van der Waals surface area contributed by atoms with Gasteiger partial charge in [0.25, 0.3) is 0 Å². The van der Waals surface area contributed by atoms with Crippen molar-refractivity contribution >= 4 is 11.8 Å². The van der Waals surface area contributed by atoms with Gasteiger partial charge in [-0.2, -0.15) is 0 Å². The van der Waals surface area contributed by atoms with Gasteiger partial charge in [-0.1, -0.05) is 0 Å². The summed E-state index contributed by atoms with van der Waals surface area (Å²) < 4.78 is 15.7. The van der Waals surface area contributed by atoms with E-state index in [1.54, 1.807) is 19.1 Å². The van der Waals surface area contributed by atoms with Crippen molar-refractivity contribution in [2.24, 2.45) is 0 Å². The Morgan fingerprint density at radius 1 is 1.23 bits per heavy atom. The molecule has 0 spiro atoms. The fraction of sp³-hybridized carbons (Fsp3) is 0.500. The average Bonchev–Trinajstić information content (AvgIpc) is 2.44. The molecular weight excluding hydrogens is 288 g/mol. The van der Waals surface area contributed by atoms with Gasteiger partial charge in [0.2, 0.25) is 0 Å². The Morgan fingerprint density at radius 3 is 2.59 bits per heavy atom. The van der Waals surface area contributed by atoms with Gasteiger partial charge in [0.1, 0.15) is 17.6 Å². The van der Waals surface area contributed by atoms with Crippen molar-refractivity contribution in [1.82, 2.24) is 0 Å². The van der Waals surface area contributed by atoms with E-state index < -0.39 is 18.2 Å². The van der Waals surface area contributed by atoms with Crippen molar-refractivity contribution in [3.63, 3.8) is 0 Å². The van der Waals surface area contributed by atoms with E-state index in [4.69, 9.17) is 14.2 Å². The number of hydrogen-bond acceptors (Lipinski definition) is 6. The van der Waals surface area contributed by atoms with Gasteiger partial charge in [-0.15, -0.1) is 0 Å². The summed E-state index contributed by atoms with van der Waals surface area (Å²) in [7, 11) is 2.94. The minimum Gasteiger partial charge on any atom is -0.497 e. The van der Waals surface area contributed by atoms with Crippen molar-refractivity contribution < 1.29 is 28.9 Å². The summed E-state index contributed by atoms with van der Waals surface area (Å²) in [6, 6.07) is 3.21. The van der Waals surface area contributed by atoms with Gasteiger partial charge in [-0.05, 0) is 18.6 Å². The van der Waals surface area contributed by atoms with Crippen LogP contribution in [0.15, 0.2) is 12.1 Å². The van der Waals surface area contributed by atoms with Gasteiger partial charge in [-0.25, -0.2) is 0 Å². The van der Waals surface area contributed by atoms with Crippen molar-refractivity contribution in [2.45, 2.75) is 38.4 Å². The third-order valence-electron chi connectivity index (χ3n) is 3.58. The normalized spacial score (nSPS) is 22.5. The van der Waals surface area contributed by atoms with E-state index in [1.807, 2.05) is 0 Å². The van der Waals surface area contributed by atoms with Crippen LogP contribution in [0.4, 0.5) is 0 Å². The standard InChI is InChI=1S/C16H20O6/c1-9-4-11(17)7-13(18)16-10(6-15(19)22-9)5-12(20-2)8-14(16)21-3/h5,8-9,11,17H,4,6-7H2,1-3H3/t9-,11-/m1/s1. The Bertz CT molecular complexity index is 580. The van der Waals surface area contributed by atoms with E-state index in [0.29, 0.717) is 22.6 Å². The SMILES string of the molecule is COc1cc2c(c(OC)c1)C(=O)C[C@H](O)C[C@@H](C)OC(=O)C2. The van der Waals surface area contributed by atoms with Crippen LogP contribution in [0.25, 0.3) is 0 Å². The molecule has 0 radical (unpaired) electrons. The molecule has 2 atom stereocenters. The first kappa shape index (κ1) is 16.3. The molecule has 1 aromatic carbocycles. The number of cyclic esters (lactones) is 1. The molecule has 1 aromatic rings. The second-order valence-corrected chi connectivity index (χ2v) is 5.36. The van der Waals surface area contributed by atoms with Gasteiger partial charge < -0.3 is 19.3 Å². The third kappa shape index (κ3) is 3.57. The molecule has 1 aliphatic rings. The molecule has 0 bridgehead atoms. The number of ether oxygens (including phenoxy) is 3. The molecule has 1 aliphatic heterocycles. The van der Waals surface area contributed by atoms with E-state index in [1.165, 1.54) is 14.2 Å². The van der Waals surface area contributed by atoms with E-state index in [2.05, 4.69) is 0 Å². The van der Waals surface area contributed by atoms with Crippen molar-refractivity contribution in [1.29, 1.82) is 0 Å². The van der Waals surface area contributed by atoms with E-state index >= 15 is 0 Å². The summed E-state index contributed by atoms with van der Waals surface area (Å²) in [5.74, 6) is 0.102. The number of methoxy groups -OCH3 is 2. The first-order chi connectivity index (χ1) is 10.4. The average molecular weight is 308 g/mol. The Kier molecular flexibility index (Phi) is 5.03. The van der Waals surface area contributed by atoms with Crippen LogP contribution in [0.1, 0.15) is 35.7 Å². The van der Waals surface area contributed by atoms with Crippen molar-refractivity contribution in [3.05, 3.63) is 23.3 Å². The first-order valence-corrected chi connectivity index (χ1v) is 7.10. The molecule has 0 aliphatic carbocycles. The molecule has 0 saturated carbocycles. The number of esters is 1.